The summed E-state index contributed by atoms with van der Waals surface area (Å²) in [7, 11) is 1.63. The van der Waals surface area contributed by atoms with Crippen LogP contribution in [0.4, 0.5) is 5.69 Å². The lowest BCUT2D eigenvalue weighted by Gasteiger charge is -2.06. The van der Waals surface area contributed by atoms with Crippen molar-refractivity contribution in [3.05, 3.63) is 39.8 Å². The molecule has 6 heteroatoms. The molecule has 1 aromatic carbocycles. The summed E-state index contributed by atoms with van der Waals surface area (Å²) in [6.07, 6.45) is 0. The van der Waals surface area contributed by atoms with Crippen molar-refractivity contribution in [2.24, 2.45) is 10.7 Å². The molecule has 0 saturated heterocycles. The Bertz CT molecular complexity index is 664. The van der Waals surface area contributed by atoms with E-state index in [-0.39, 0.29) is 0 Å². The molecule has 0 unspecified atom stereocenters. The number of guanidine groups is 1. The molecule has 5 nitrogen and oxygen atoms in total. The summed E-state index contributed by atoms with van der Waals surface area (Å²) in [5, 5.41) is 4.04. The topological polar surface area (TPSA) is 72.5 Å². The fraction of sp³-hybridized carbons (Fsp3) is 0.375. The molecule has 0 bridgehead atoms. The van der Waals surface area contributed by atoms with Gasteiger partial charge in [0.1, 0.15) is 10.8 Å². The minimum absolute atomic E-state index is 0.368. The number of aliphatic imine (C=N–C) groups is 1. The maximum atomic E-state index is 5.92. The summed E-state index contributed by atoms with van der Waals surface area (Å²) < 4.78 is 5.17. The monoisotopic (exact) mass is 318 g/mol. The second kappa shape index (κ2) is 7.26. The second-order valence-electron chi connectivity index (χ2n) is 5.26. The average Bonchev–Trinajstić information content (AvgIpc) is 2.86. The summed E-state index contributed by atoms with van der Waals surface area (Å²) in [6.45, 7) is 6.88. The maximum Gasteiger partial charge on any atom is 0.193 e. The fourth-order valence-corrected chi connectivity index (χ4v) is 3.12. The number of nitrogens with zero attached hydrogens (tertiary/aromatic N) is 2. The standard InChI is InChI=1S/C16H22N4OS/c1-10(2)15-11(3)22-14(20-15)9-18-16(17)19-12-6-5-7-13(8-12)21-4/h5-8,10H,9H2,1-4H3,(H3,17,18,19). The van der Waals surface area contributed by atoms with Gasteiger partial charge in [0.15, 0.2) is 5.96 Å². The molecule has 1 heterocycles. The number of nitrogens with one attached hydrogen (secondary N) is 1. The van der Waals surface area contributed by atoms with Gasteiger partial charge in [-0.3, -0.25) is 0 Å². The van der Waals surface area contributed by atoms with Crippen molar-refractivity contribution in [2.75, 3.05) is 12.4 Å². The molecule has 0 amide bonds. The molecule has 0 aliphatic carbocycles. The van der Waals surface area contributed by atoms with Gasteiger partial charge in [0.2, 0.25) is 0 Å². The third-order valence-corrected chi connectivity index (χ3v) is 4.12. The molecule has 22 heavy (non-hydrogen) atoms. The van der Waals surface area contributed by atoms with Crippen molar-refractivity contribution in [3.8, 4) is 5.75 Å². The highest BCUT2D eigenvalue weighted by atomic mass is 32.1. The molecule has 0 aliphatic rings. The van der Waals surface area contributed by atoms with Crippen molar-refractivity contribution >= 4 is 23.0 Å². The summed E-state index contributed by atoms with van der Waals surface area (Å²) >= 11 is 1.68. The van der Waals surface area contributed by atoms with Gasteiger partial charge in [-0.2, -0.15) is 0 Å². The molecule has 2 aromatic rings. The van der Waals surface area contributed by atoms with Crippen LogP contribution in [0.15, 0.2) is 29.3 Å². The van der Waals surface area contributed by atoms with E-state index >= 15 is 0 Å². The van der Waals surface area contributed by atoms with Gasteiger partial charge in [-0.05, 0) is 25.0 Å². The molecule has 0 atom stereocenters. The quantitative estimate of drug-likeness (QED) is 0.653. The predicted octanol–water partition coefficient (Wildman–Crippen LogP) is 3.51. The number of anilines is 1. The molecule has 118 valence electrons. The van der Waals surface area contributed by atoms with Crippen molar-refractivity contribution < 1.29 is 4.74 Å². The van der Waals surface area contributed by atoms with Gasteiger partial charge >= 0.3 is 0 Å². The summed E-state index contributed by atoms with van der Waals surface area (Å²) in [5.41, 5.74) is 7.92. The van der Waals surface area contributed by atoms with Crippen molar-refractivity contribution in [2.45, 2.75) is 33.2 Å². The van der Waals surface area contributed by atoms with E-state index in [0.29, 0.717) is 18.4 Å². The van der Waals surface area contributed by atoms with Crippen molar-refractivity contribution in [1.29, 1.82) is 0 Å². The Morgan fingerprint density at radius 3 is 2.86 bits per heavy atom. The normalized spacial score (nSPS) is 11.8. The summed E-state index contributed by atoms with van der Waals surface area (Å²) in [4.78, 5) is 10.2. The van der Waals surface area contributed by atoms with E-state index < -0.39 is 0 Å². The van der Waals surface area contributed by atoms with Crippen LogP contribution in [-0.4, -0.2) is 18.1 Å². The summed E-state index contributed by atoms with van der Waals surface area (Å²) in [5.74, 6) is 1.57. The van der Waals surface area contributed by atoms with E-state index in [1.54, 1.807) is 18.4 Å². The number of hydrogen-bond acceptors (Lipinski definition) is 4. The Kier molecular flexibility index (Phi) is 5.38. The highest BCUT2D eigenvalue weighted by Gasteiger charge is 2.10. The molecule has 0 radical (unpaired) electrons. The van der Waals surface area contributed by atoms with Crippen LogP contribution in [0.3, 0.4) is 0 Å². The first kappa shape index (κ1) is 16.3. The third-order valence-electron chi connectivity index (χ3n) is 3.15. The van der Waals surface area contributed by atoms with Crippen LogP contribution < -0.4 is 15.8 Å². The number of thiazole rings is 1. The first-order valence-corrected chi connectivity index (χ1v) is 7.98. The van der Waals surface area contributed by atoms with Gasteiger partial charge in [-0.15, -0.1) is 11.3 Å². The molecular formula is C16H22N4OS. The third kappa shape index (κ3) is 4.21. The largest absolute Gasteiger partial charge is 0.497 e. The van der Waals surface area contributed by atoms with Gasteiger partial charge in [-0.1, -0.05) is 19.9 Å². The predicted molar refractivity (Wildman–Crippen MR) is 92.9 cm³/mol. The highest BCUT2D eigenvalue weighted by molar-refractivity contribution is 7.11. The van der Waals surface area contributed by atoms with Crippen LogP contribution >= 0.6 is 11.3 Å². The van der Waals surface area contributed by atoms with Crippen LogP contribution in [0.1, 0.15) is 35.3 Å². The Balaban J connectivity index is 2.01. The number of rotatable bonds is 5. The van der Waals surface area contributed by atoms with Gasteiger partial charge in [0.25, 0.3) is 0 Å². The minimum atomic E-state index is 0.368. The SMILES string of the molecule is COc1cccc(NC(N)=NCc2nc(C(C)C)c(C)s2)c1. The van der Waals surface area contributed by atoms with Crippen LogP contribution in [0.25, 0.3) is 0 Å². The number of benzene rings is 1. The minimum Gasteiger partial charge on any atom is -0.497 e. The molecule has 0 aliphatic heterocycles. The number of nitrogens with two attached hydrogens (primary N) is 1. The number of aromatic nitrogens is 1. The average molecular weight is 318 g/mol. The molecule has 1 aromatic heterocycles. The zero-order chi connectivity index (χ0) is 16.1. The Hall–Kier alpha value is -2.08. The Labute approximate surface area is 135 Å². The Morgan fingerprint density at radius 1 is 1.45 bits per heavy atom. The number of aryl methyl sites for hydroxylation is 1. The fourth-order valence-electron chi connectivity index (χ4n) is 2.11. The van der Waals surface area contributed by atoms with E-state index in [1.165, 1.54) is 4.88 Å². The van der Waals surface area contributed by atoms with Gasteiger partial charge in [0.05, 0.1) is 19.3 Å². The molecular weight excluding hydrogens is 296 g/mol. The van der Waals surface area contributed by atoms with E-state index in [2.05, 4.69) is 36.1 Å². The maximum absolute atomic E-state index is 5.92. The Morgan fingerprint density at radius 2 is 2.23 bits per heavy atom. The second-order valence-corrected chi connectivity index (χ2v) is 6.55. The molecule has 3 N–H and O–H groups in total. The molecule has 0 spiro atoms. The van der Waals surface area contributed by atoms with E-state index in [4.69, 9.17) is 10.5 Å². The van der Waals surface area contributed by atoms with E-state index in [1.807, 2.05) is 24.3 Å². The van der Waals surface area contributed by atoms with Crippen molar-refractivity contribution in [3.63, 3.8) is 0 Å². The van der Waals surface area contributed by atoms with E-state index in [9.17, 15) is 0 Å². The lowest BCUT2D eigenvalue weighted by atomic mass is 10.1. The van der Waals surface area contributed by atoms with Gasteiger partial charge in [-0.25, -0.2) is 9.98 Å². The van der Waals surface area contributed by atoms with Gasteiger partial charge < -0.3 is 15.8 Å². The zero-order valence-electron chi connectivity index (χ0n) is 13.4. The lowest BCUT2D eigenvalue weighted by Crippen LogP contribution is -2.22. The zero-order valence-corrected chi connectivity index (χ0v) is 14.2. The summed E-state index contributed by atoms with van der Waals surface area (Å²) in [6, 6.07) is 7.56. The smallest absolute Gasteiger partial charge is 0.193 e. The first-order chi connectivity index (χ1) is 10.5. The van der Waals surface area contributed by atoms with Crippen LogP contribution in [0.5, 0.6) is 5.75 Å². The highest BCUT2D eigenvalue weighted by Crippen LogP contribution is 2.24. The van der Waals surface area contributed by atoms with Gasteiger partial charge in [0, 0.05) is 16.6 Å². The van der Waals surface area contributed by atoms with Crippen molar-refractivity contribution in [1.82, 2.24) is 4.98 Å². The first-order valence-electron chi connectivity index (χ1n) is 7.16. The number of ether oxygens (including phenoxy) is 1. The van der Waals surface area contributed by atoms with E-state index in [0.717, 1.165) is 22.1 Å². The molecule has 0 fully saturated rings. The van der Waals surface area contributed by atoms with Crippen LogP contribution in [0.2, 0.25) is 0 Å². The molecule has 0 saturated carbocycles. The van der Waals surface area contributed by atoms with Crippen LogP contribution in [-0.2, 0) is 6.54 Å². The lowest BCUT2D eigenvalue weighted by molar-refractivity contribution is 0.415. The van der Waals surface area contributed by atoms with Crippen LogP contribution in [0, 0.1) is 6.92 Å². The number of hydrogen-bond donors (Lipinski definition) is 2. The number of methoxy groups -OCH3 is 1. The molecule has 2 rings (SSSR count).